The summed E-state index contributed by atoms with van der Waals surface area (Å²) >= 11 is 0. The zero-order valence-electron chi connectivity index (χ0n) is 15.4. The molecule has 3 aromatic rings. The average molecular weight is 383 g/mol. The van der Waals surface area contributed by atoms with Gasteiger partial charge in [-0.1, -0.05) is 12.1 Å². The highest BCUT2D eigenvalue weighted by Crippen LogP contribution is 2.37. The predicted molar refractivity (Wildman–Crippen MR) is 101 cm³/mol. The predicted octanol–water partition coefficient (Wildman–Crippen LogP) is 1.25. The summed E-state index contributed by atoms with van der Waals surface area (Å²) in [5.41, 5.74) is 0.00895. The first-order chi connectivity index (χ1) is 13.5. The molecule has 2 aromatic heterocycles. The largest absolute Gasteiger partial charge is 0.497 e. The Morgan fingerprint density at radius 1 is 1.43 bits per heavy atom. The van der Waals surface area contributed by atoms with Gasteiger partial charge < -0.3 is 19.8 Å². The van der Waals surface area contributed by atoms with Gasteiger partial charge in [-0.3, -0.25) is 9.89 Å². The fraction of sp³-hybridized carbons (Fsp3) is 0.368. The van der Waals surface area contributed by atoms with E-state index in [0.717, 1.165) is 10.9 Å². The standard InChI is InChI=1S/C19H21N5O4/c1-28-13-4-2-3-12(7-13)8-19(18(26)27)10-24(6-5-15(19)25)17-14-9-22-23-16(14)20-11-21-17/h2-4,7,9,11,15,25H,5-6,8,10H2,1H3,(H,26,27)(H,20,21,22,23)/t15-,19+/m0/s1. The number of aliphatic hydroxyl groups is 1. The zero-order valence-corrected chi connectivity index (χ0v) is 15.4. The van der Waals surface area contributed by atoms with Gasteiger partial charge in [0.2, 0.25) is 0 Å². The summed E-state index contributed by atoms with van der Waals surface area (Å²) in [6.07, 6.45) is 2.57. The van der Waals surface area contributed by atoms with Crippen LogP contribution in [-0.2, 0) is 11.2 Å². The van der Waals surface area contributed by atoms with Crippen molar-refractivity contribution in [1.29, 1.82) is 0 Å². The van der Waals surface area contributed by atoms with Crippen molar-refractivity contribution in [2.24, 2.45) is 5.41 Å². The monoisotopic (exact) mass is 383 g/mol. The molecule has 1 aromatic carbocycles. The lowest BCUT2D eigenvalue weighted by Gasteiger charge is -2.44. The number of rotatable bonds is 5. The first-order valence-electron chi connectivity index (χ1n) is 8.97. The minimum atomic E-state index is -1.37. The maximum atomic E-state index is 12.4. The van der Waals surface area contributed by atoms with Crippen LogP contribution < -0.4 is 9.64 Å². The van der Waals surface area contributed by atoms with E-state index in [2.05, 4.69) is 20.2 Å². The Balaban J connectivity index is 1.71. The van der Waals surface area contributed by atoms with E-state index in [9.17, 15) is 15.0 Å². The fourth-order valence-corrected chi connectivity index (χ4v) is 3.87. The van der Waals surface area contributed by atoms with Crippen molar-refractivity contribution >= 4 is 22.8 Å². The maximum Gasteiger partial charge on any atom is 0.314 e. The lowest BCUT2D eigenvalue weighted by molar-refractivity contribution is -0.157. The Morgan fingerprint density at radius 2 is 2.29 bits per heavy atom. The Hall–Kier alpha value is -3.20. The first-order valence-corrected chi connectivity index (χ1v) is 8.97. The number of hydrogen-bond acceptors (Lipinski definition) is 7. The van der Waals surface area contributed by atoms with Gasteiger partial charge in [0.15, 0.2) is 5.65 Å². The summed E-state index contributed by atoms with van der Waals surface area (Å²) < 4.78 is 5.25. The van der Waals surface area contributed by atoms with Gasteiger partial charge in [0.05, 0.1) is 24.8 Å². The second-order valence-corrected chi connectivity index (χ2v) is 7.05. The van der Waals surface area contributed by atoms with Crippen molar-refractivity contribution < 1.29 is 19.7 Å². The highest BCUT2D eigenvalue weighted by molar-refractivity contribution is 5.87. The van der Waals surface area contributed by atoms with Crippen molar-refractivity contribution in [2.45, 2.75) is 18.9 Å². The number of ether oxygens (including phenoxy) is 1. The molecule has 28 heavy (non-hydrogen) atoms. The molecule has 1 saturated heterocycles. The number of nitrogens with zero attached hydrogens (tertiary/aromatic N) is 4. The number of aromatic amines is 1. The molecule has 0 spiro atoms. The molecular formula is C19H21N5O4. The molecule has 1 aliphatic rings. The minimum absolute atomic E-state index is 0.123. The lowest BCUT2D eigenvalue weighted by Crippen LogP contribution is -2.57. The molecule has 9 heteroatoms. The molecule has 1 fully saturated rings. The van der Waals surface area contributed by atoms with Crippen LogP contribution >= 0.6 is 0 Å². The molecule has 0 amide bonds. The smallest absolute Gasteiger partial charge is 0.314 e. The van der Waals surface area contributed by atoms with Gasteiger partial charge in [-0.2, -0.15) is 5.10 Å². The summed E-state index contributed by atoms with van der Waals surface area (Å²) in [6.45, 7) is 0.615. The van der Waals surface area contributed by atoms with E-state index in [1.54, 1.807) is 25.4 Å². The molecule has 0 radical (unpaired) electrons. The van der Waals surface area contributed by atoms with Crippen molar-refractivity contribution in [3.8, 4) is 5.75 Å². The molecule has 4 rings (SSSR count). The molecule has 146 valence electrons. The number of aliphatic hydroxyl groups excluding tert-OH is 1. The highest BCUT2D eigenvalue weighted by atomic mass is 16.5. The van der Waals surface area contributed by atoms with Crippen LogP contribution in [0.3, 0.4) is 0 Å². The zero-order chi connectivity index (χ0) is 19.7. The summed E-state index contributed by atoms with van der Waals surface area (Å²) in [7, 11) is 1.56. The number of methoxy groups -OCH3 is 1. The number of carboxylic acids is 1. The van der Waals surface area contributed by atoms with E-state index < -0.39 is 17.5 Å². The number of nitrogens with one attached hydrogen (secondary N) is 1. The summed E-state index contributed by atoms with van der Waals surface area (Å²) in [6, 6.07) is 7.26. The van der Waals surface area contributed by atoms with Gasteiger partial charge in [0.25, 0.3) is 0 Å². The van der Waals surface area contributed by atoms with E-state index in [1.807, 2.05) is 17.0 Å². The molecule has 0 saturated carbocycles. The van der Waals surface area contributed by atoms with Gasteiger partial charge in [-0.25, -0.2) is 9.97 Å². The van der Waals surface area contributed by atoms with Crippen molar-refractivity contribution in [2.75, 3.05) is 25.1 Å². The van der Waals surface area contributed by atoms with Crippen LogP contribution in [-0.4, -0.2) is 62.7 Å². The molecule has 2 atom stereocenters. The molecule has 0 aliphatic carbocycles. The van der Waals surface area contributed by atoms with Crippen LogP contribution in [0.2, 0.25) is 0 Å². The number of H-pyrrole nitrogens is 1. The molecule has 3 heterocycles. The Bertz CT molecular complexity index is 1010. The van der Waals surface area contributed by atoms with Crippen LogP contribution in [0.1, 0.15) is 12.0 Å². The van der Waals surface area contributed by atoms with Crippen LogP contribution in [0.5, 0.6) is 5.75 Å². The number of fused-ring (bicyclic) bond motifs is 1. The molecular weight excluding hydrogens is 362 g/mol. The van der Waals surface area contributed by atoms with Gasteiger partial charge in [0.1, 0.15) is 23.3 Å². The normalized spacial score (nSPS) is 22.4. The number of aromatic nitrogens is 4. The van der Waals surface area contributed by atoms with Crippen molar-refractivity contribution in [3.63, 3.8) is 0 Å². The Kier molecular flexibility index (Phi) is 4.60. The fourth-order valence-electron chi connectivity index (χ4n) is 3.87. The highest BCUT2D eigenvalue weighted by Gasteiger charge is 2.49. The summed E-state index contributed by atoms with van der Waals surface area (Å²) in [5, 5.41) is 28.4. The van der Waals surface area contributed by atoms with Crippen LogP contribution in [0.15, 0.2) is 36.8 Å². The number of carboxylic acid groups (broad SMARTS) is 1. The second kappa shape index (κ2) is 7.08. The number of hydrogen-bond donors (Lipinski definition) is 3. The second-order valence-electron chi connectivity index (χ2n) is 7.05. The third kappa shape index (κ3) is 3.03. The van der Waals surface area contributed by atoms with E-state index in [0.29, 0.717) is 30.2 Å². The Morgan fingerprint density at radius 3 is 3.07 bits per heavy atom. The quantitative estimate of drug-likeness (QED) is 0.601. The number of piperidine rings is 1. The first kappa shape index (κ1) is 18.2. The summed E-state index contributed by atoms with van der Waals surface area (Å²) in [5.74, 6) is 0.225. The third-order valence-corrected chi connectivity index (χ3v) is 5.39. The number of carbonyl (C=O) groups is 1. The lowest BCUT2D eigenvalue weighted by atomic mass is 9.72. The molecule has 0 bridgehead atoms. The average Bonchev–Trinajstić information content (AvgIpc) is 3.18. The Labute approximate surface area is 161 Å². The van der Waals surface area contributed by atoms with Gasteiger partial charge in [-0.15, -0.1) is 0 Å². The minimum Gasteiger partial charge on any atom is -0.497 e. The van der Waals surface area contributed by atoms with Gasteiger partial charge in [-0.05, 0) is 30.5 Å². The van der Waals surface area contributed by atoms with Crippen LogP contribution in [0.4, 0.5) is 5.82 Å². The molecule has 3 N–H and O–H groups in total. The molecule has 9 nitrogen and oxygen atoms in total. The SMILES string of the molecule is COc1cccc(C[C@@]2(C(=O)O)CN(c3ncnc4[nH]ncc34)CC[C@@H]2O)c1. The van der Waals surface area contributed by atoms with Crippen LogP contribution in [0, 0.1) is 5.41 Å². The van der Waals surface area contributed by atoms with Gasteiger partial charge >= 0.3 is 5.97 Å². The van der Waals surface area contributed by atoms with E-state index in [4.69, 9.17) is 4.74 Å². The topological polar surface area (TPSA) is 124 Å². The summed E-state index contributed by atoms with van der Waals surface area (Å²) in [4.78, 5) is 22.7. The van der Waals surface area contributed by atoms with E-state index >= 15 is 0 Å². The van der Waals surface area contributed by atoms with Crippen molar-refractivity contribution in [3.05, 3.63) is 42.4 Å². The molecule has 0 unspecified atom stereocenters. The van der Waals surface area contributed by atoms with Crippen LogP contribution in [0.25, 0.3) is 11.0 Å². The van der Waals surface area contributed by atoms with E-state index in [1.165, 1.54) is 6.33 Å². The van der Waals surface area contributed by atoms with Crippen molar-refractivity contribution in [1.82, 2.24) is 20.2 Å². The van der Waals surface area contributed by atoms with Gasteiger partial charge in [0, 0.05) is 13.1 Å². The number of anilines is 1. The number of benzene rings is 1. The van der Waals surface area contributed by atoms with E-state index in [-0.39, 0.29) is 13.0 Å². The maximum absolute atomic E-state index is 12.4. The molecule has 1 aliphatic heterocycles. The number of aliphatic carboxylic acids is 1. The third-order valence-electron chi connectivity index (χ3n) is 5.39.